The highest BCUT2D eigenvalue weighted by molar-refractivity contribution is 8.68. The van der Waals surface area contributed by atoms with Crippen LogP contribution in [0.3, 0.4) is 0 Å². The van der Waals surface area contributed by atoms with Gasteiger partial charge in [-0.15, -0.1) is 0 Å². The summed E-state index contributed by atoms with van der Waals surface area (Å²) in [5, 5.41) is 11.0. The maximum atomic E-state index is 11.5. The van der Waals surface area contributed by atoms with Gasteiger partial charge in [-0.3, -0.25) is 9.59 Å². The molecule has 2 N–H and O–H groups in total. The second-order valence-corrected chi connectivity index (χ2v) is 9.49. The zero-order chi connectivity index (χ0) is 14.2. The first-order valence-corrected chi connectivity index (χ1v) is 9.63. The van der Waals surface area contributed by atoms with Crippen LogP contribution in [0, 0.1) is 0 Å². The van der Waals surface area contributed by atoms with Gasteiger partial charge in [0.1, 0.15) is 6.04 Å². The number of nitrogens with one attached hydrogen (secondary N) is 1. The van der Waals surface area contributed by atoms with Crippen LogP contribution in [-0.2, 0) is 30.4 Å². The van der Waals surface area contributed by atoms with Gasteiger partial charge in [-0.05, 0) is 32.6 Å². The number of aliphatic carboxylic acids is 1. The summed E-state index contributed by atoms with van der Waals surface area (Å²) in [7, 11) is 0. The number of carboxylic acid groups (broad SMARTS) is 1. The summed E-state index contributed by atoms with van der Waals surface area (Å²) in [6.45, 7) is 5.82. The third-order valence-corrected chi connectivity index (χ3v) is 7.08. The van der Waals surface area contributed by atoms with Crippen LogP contribution in [0.2, 0.25) is 0 Å². The van der Waals surface area contributed by atoms with Crippen molar-refractivity contribution in [3.05, 3.63) is 0 Å². The third-order valence-electron chi connectivity index (χ3n) is 1.68. The summed E-state index contributed by atoms with van der Waals surface area (Å²) in [5.74, 6) is -1.46. The third kappa shape index (κ3) is 7.33. The van der Waals surface area contributed by atoms with Gasteiger partial charge in [0.15, 0.2) is 0 Å². The summed E-state index contributed by atoms with van der Waals surface area (Å²) in [5.41, 5.74) is -2.50. The molecule has 0 saturated heterocycles. The zero-order valence-electron chi connectivity index (χ0n) is 10.5. The number of carbonyl (C=O) groups is 2. The quantitative estimate of drug-likeness (QED) is 0.625. The molecule has 106 valence electrons. The highest BCUT2D eigenvalue weighted by Crippen LogP contribution is 2.60. The van der Waals surface area contributed by atoms with E-state index in [-0.39, 0.29) is 5.75 Å². The van der Waals surface area contributed by atoms with Crippen molar-refractivity contribution in [2.75, 3.05) is 19.0 Å². The van der Waals surface area contributed by atoms with Crippen LogP contribution >= 0.6 is 17.1 Å². The maximum Gasteiger partial charge on any atom is 0.325 e. The summed E-state index contributed by atoms with van der Waals surface area (Å²) in [4.78, 5) is 22.0. The average Bonchev–Trinajstić information content (AvgIpc) is 2.27. The summed E-state index contributed by atoms with van der Waals surface area (Å²) in [6.07, 6.45) is 0. The Kier molecular flexibility index (Phi) is 8.81. The van der Waals surface area contributed by atoms with Crippen molar-refractivity contribution in [1.29, 1.82) is 0 Å². The molecule has 1 atom stereocenters. The van der Waals surface area contributed by atoms with Crippen molar-refractivity contribution in [1.82, 2.24) is 5.32 Å². The van der Waals surface area contributed by atoms with Crippen LogP contribution in [0.25, 0.3) is 0 Å². The van der Waals surface area contributed by atoms with Gasteiger partial charge in [0.05, 0.1) is 19.0 Å². The fraction of sp³-hybridized carbons (Fsp3) is 0.778. The van der Waals surface area contributed by atoms with Crippen molar-refractivity contribution in [3.8, 4) is 0 Å². The molecule has 0 bridgehead atoms. The van der Waals surface area contributed by atoms with Gasteiger partial charge in [-0.25, -0.2) is 0 Å². The Morgan fingerprint density at radius 1 is 1.39 bits per heavy atom. The van der Waals surface area contributed by atoms with Crippen molar-refractivity contribution in [3.63, 3.8) is 0 Å². The molecule has 0 fully saturated rings. The Balaban J connectivity index is 4.23. The van der Waals surface area contributed by atoms with Crippen molar-refractivity contribution in [2.24, 2.45) is 0 Å². The van der Waals surface area contributed by atoms with E-state index in [1.54, 1.807) is 13.8 Å². The number of amides is 1. The number of hydrogen-bond donors (Lipinski definition) is 2. The zero-order valence-corrected chi connectivity index (χ0v) is 13.1. The van der Waals surface area contributed by atoms with E-state index in [0.29, 0.717) is 13.2 Å². The Bertz CT molecular complexity index is 329. The molecule has 18 heavy (non-hydrogen) atoms. The molecule has 1 amide bonds. The fourth-order valence-corrected chi connectivity index (χ4v) is 5.14. The van der Waals surface area contributed by atoms with Gasteiger partial charge >= 0.3 is 5.97 Å². The first kappa shape index (κ1) is 17.9. The lowest BCUT2D eigenvalue weighted by Gasteiger charge is -2.19. The van der Waals surface area contributed by atoms with E-state index in [4.69, 9.17) is 26.0 Å². The summed E-state index contributed by atoms with van der Waals surface area (Å²) < 4.78 is 10.7. The van der Waals surface area contributed by atoms with Gasteiger partial charge in [0, 0.05) is 0 Å². The van der Waals surface area contributed by atoms with Crippen molar-refractivity contribution in [2.45, 2.75) is 26.8 Å². The molecular formula is C9H18NO5PS2. The predicted molar refractivity (Wildman–Crippen MR) is 75.2 cm³/mol. The number of rotatable bonds is 9. The second-order valence-electron chi connectivity index (χ2n) is 3.18. The molecule has 0 aromatic heterocycles. The molecule has 6 nitrogen and oxygen atoms in total. The van der Waals surface area contributed by atoms with Crippen LogP contribution in [0.1, 0.15) is 20.8 Å². The second kappa shape index (κ2) is 8.87. The molecule has 0 spiro atoms. The van der Waals surface area contributed by atoms with E-state index in [9.17, 15) is 9.59 Å². The van der Waals surface area contributed by atoms with E-state index in [0.717, 1.165) is 11.4 Å². The van der Waals surface area contributed by atoms with Crippen molar-refractivity contribution < 1.29 is 23.7 Å². The smallest absolute Gasteiger partial charge is 0.325 e. The fourth-order valence-electron chi connectivity index (χ4n) is 0.911. The minimum atomic E-state index is -2.50. The minimum Gasteiger partial charge on any atom is -0.480 e. The van der Waals surface area contributed by atoms with Gasteiger partial charge in [-0.2, -0.15) is 0 Å². The number of hydrogen-bond acceptors (Lipinski definition) is 6. The first-order chi connectivity index (χ1) is 8.34. The lowest BCUT2D eigenvalue weighted by molar-refractivity contribution is -0.140. The Hall–Kier alpha value is -0.140. The maximum absolute atomic E-state index is 11.5. The molecule has 0 aliphatic rings. The molecule has 0 aliphatic heterocycles. The monoisotopic (exact) mass is 315 g/mol. The Morgan fingerprint density at radius 3 is 2.28 bits per heavy atom. The summed E-state index contributed by atoms with van der Waals surface area (Å²) >= 11 is 6.33. The van der Waals surface area contributed by atoms with E-state index >= 15 is 0 Å². The standard InChI is InChI=1S/C9H18NO5PS2/c1-4-14-16(17,15-5-2)18-6-8(11)10-7(3)9(12)13/h7H,4-6H2,1-3H3,(H,10,11)(H,12,13)/t7-/m0/s1. The predicted octanol–water partition coefficient (Wildman–Crippen LogP) is 1.61. The minimum absolute atomic E-state index is 0.0227. The van der Waals surface area contributed by atoms with Crippen molar-refractivity contribution >= 4 is 40.8 Å². The molecule has 0 unspecified atom stereocenters. The van der Waals surface area contributed by atoms with Crippen LogP contribution in [0.5, 0.6) is 0 Å². The average molecular weight is 315 g/mol. The molecule has 0 aromatic rings. The van der Waals surface area contributed by atoms with Gasteiger partial charge < -0.3 is 19.5 Å². The van der Waals surface area contributed by atoms with Gasteiger partial charge in [-0.1, -0.05) is 11.4 Å². The molecule has 0 aliphatic carbocycles. The van der Waals surface area contributed by atoms with Crippen LogP contribution in [0.15, 0.2) is 0 Å². The Labute approximate surface area is 116 Å². The molecule has 0 saturated carbocycles. The van der Waals surface area contributed by atoms with E-state index in [1.165, 1.54) is 6.92 Å². The Morgan fingerprint density at radius 2 is 1.89 bits per heavy atom. The van der Waals surface area contributed by atoms with E-state index < -0.39 is 23.6 Å². The van der Waals surface area contributed by atoms with Crippen LogP contribution in [0.4, 0.5) is 0 Å². The highest BCUT2D eigenvalue weighted by atomic mass is 32.9. The number of carboxylic acids is 1. The van der Waals surface area contributed by atoms with Crippen LogP contribution in [-0.4, -0.2) is 42.0 Å². The molecule has 0 aromatic carbocycles. The molecule has 0 radical (unpaired) electrons. The van der Waals surface area contributed by atoms with E-state index in [1.807, 2.05) is 0 Å². The first-order valence-electron chi connectivity index (χ1n) is 5.40. The lowest BCUT2D eigenvalue weighted by atomic mass is 10.3. The largest absolute Gasteiger partial charge is 0.480 e. The topological polar surface area (TPSA) is 84.9 Å². The number of carbonyl (C=O) groups excluding carboxylic acids is 1. The molecular weight excluding hydrogens is 297 g/mol. The van der Waals surface area contributed by atoms with Gasteiger partial charge in [0.2, 0.25) is 11.6 Å². The normalized spacial score (nSPS) is 13.1. The lowest BCUT2D eigenvalue weighted by Crippen LogP contribution is -2.39. The van der Waals surface area contributed by atoms with Gasteiger partial charge in [0.25, 0.3) is 0 Å². The van der Waals surface area contributed by atoms with Crippen LogP contribution < -0.4 is 5.32 Å². The van der Waals surface area contributed by atoms with E-state index in [2.05, 4.69) is 5.32 Å². The highest BCUT2D eigenvalue weighted by Gasteiger charge is 2.22. The SMILES string of the molecule is CCOP(=S)(OCC)SCC(=O)N[C@@H](C)C(=O)O. The summed E-state index contributed by atoms with van der Waals surface area (Å²) in [6, 6.07) is -0.921. The molecule has 0 heterocycles. The molecule has 0 rings (SSSR count). The molecule has 9 heteroatoms.